The first-order valence-electron chi connectivity index (χ1n) is 15.0. The van der Waals surface area contributed by atoms with Gasteiger partial charge in [-0.15, -0.1) is 0 Å². The van der Waals surface area contributed by atoms with Gasteiger partial charge in [-0.2, -0.15) is 0 Å². The van der Waals surface area contributed by atoms with E-state index >= 15 is 0 Å². The first-order valence-corrected chi connectivity index (χ1v) is 16.5. The van der Waals surface area contributed by atoms with Crippen LogP contribution in [-0.2, 0) is 16.6 Å². The molecule has 46 heavy (non-hydrogen) atoms. The summed E-state index contributed by atoms with van der Waals surface area (Å²) in [5, 5.41) is 9.97. The van der Waals surface area contributed by atoms with Crippen LogP contribution in [0.5, 0.6) is 17.2 Å². The van der Waals surface area contributed by atoms with E-state index in [1.165, 1.54) is 24.3 Å². The number of benzene rings is 4. The van der Waals surface area contributed by atoms with Gasteiger partial charge < -0.3 is 19.5 Å². The number of likely N-dealkylation sites (N-methyl/N-ethyl adjacent to an activating group) is 1. The largest absolute Gasteiger partial charge is 0.488 e. The van der Waals surface area contributed by atoms with Crippen molar-refractivity contribution in [3.63, 3.8) is 0 Å². The van der Waals surface area contributed by atoms with Gasteiger partial charge in [0.05, 0.1) is 23.1 Å². The molecule has 0 aliphatic carbocycles. The monoisotopic (exact) mass is 647 g/mol. The van der Waals surface area contributed by atoms with Crippen LogP contribution in [0.1, 0.15) is 29.8 Å². The van der Waals surface area contributed by atoms with Crippen LogP contribution in [0.4, 0.5) is 10.1 Å². The Kier molecular flexibility index (Phi) is 10.3. The third kappa shape index (κ3) is 8.03. The van der Waals surface area contributed by atoms with Crippen molar-refractivity contribution in [3.05, 3.63) is 114 Å². The summed E-state index contributed by atoms with van der Waals surface area (Å²) in [5.74, 6) is 0.804. The number of hydrogen-bond acceptors (Lipinski definition) is 7. The summed E-state index contributed by atoms with van der Waals surface area (Å²) in [6.07, 6.45) is -0.326. The molecule has 1 aliphatic heterocycles. The standard InChI is InChI=1S/C35H38FN3O6S/c1-24-20-39(25(2)23-40)35(41)32-19-28(37-46(42,43)31-16-11-27(36)12-17-31)13-18-33(32)45-34(24)22-38(3)21-26-9-14-30(15-10-26)44-29-7-5-4-6-8-29/h4-19,24-25,34,37,40H,20-23H2,1-3H3/t24-,25-,34-/m0/s1. The maximum Gasteiger partial charge on any atom is 0.261 e. The summed E-state index contributed by atoms with van der Waals surface area (Å²) in [6, 6.07) is 26.0. The zero-order valence-corrected chi connectivity index (χ0v) is 26.8. The maximum atomic E-state index is 13.8. The van der Waals surface area contributed by atoms with Crippen LogP contribution >= 0.6 is 0 Å². The molecule has 0 fully saturated rings. The van der Waals surface area contributed by atoms with Crippen LogP contribution in [0, 0.1) is 11.7 Å². The average molecular weight is 648 g/mol. The highest BCUT2D eigenvalue weighted by molar-refractivity contribution is 7.92. The first-order chi connectivity index (χ1) is 22.0. The molecule has 3 atom stereocenters. The molecule has 1 heterocycles. The van der Waals surface area contributed by atoms with Crippen LogP contribution in [0.25, 0.3) is 0 Å². The molecule has 0 spiro atoms. The van der Waals surface area contributed by atoms with Gasteiger partial charge in [0.2, 0.25) is 0 Å². The number of nitrogens with one attached hydrogen (secondary N) is 1. The molecule has 4 aromatic rings. The smallest absolute Gasteiger partial charge is 0.261 e. The minimum absolute atomic E-state index is 0.0909. The minimum atomic E-state index is -4.05. The third-order valence-corrected chi connectivity index (χ3v) is 9.28. The van der Waals surface area contributed by atoms with Gasteiger partial charge in [-0.3, -0.25) is 14.4 Å². The van der Waals surface area contributed by atoms with Crippen molar-refractivity contribution >= 4 is 21.6 Å². The van der Waals surface area contributed by atoms with Crippen molar-refractivity contribution in [2.75, 3.05) is 31.5 Å². The molecule has 1 aliphatic rings. The number of para-hydroxylation sites is 1. The number of rotatable bonds is 11. The predicted octanol–water partition coefficient (Wildman–Crippen LogP) is 5.77. The van der Waals surface area contributed by atoms with Crippen LogP contribution in [-0.4, -0.2) is 68.1 Å². The molecule has 2 N–H and O–H groups in total. The first kappa shape index (κ1) is 32.9. The lowest BCUT2D eigenvalue weighted by atomic mass is 9.99. The normalized spacial score (nSPS) is 17.4. The second-order valence-electron chi connectivity index (χ2n) is 11.6. The van der Waals surface area contributed by atoms with E-state index in [0.29, 0.717) is 25.4 Å². The van der Waals surface area contributed by atoms with Gasteiger partial charge in [0, 0.05) is 31.2 Å². The van der Waals surface area contributed by atoms with Gasteiger partial charge in [-0.1, -0.05) is 37.3 Å². The second kappa shape index (κ2) is 14.3. The average Bonchev–Trinajstić information content (AvgIpc) is 3.04. The molecule has 0 saturated carbocycles. The Bertz CT molecular complexity index is 1740. The fourth-order valence-corrected chi connectivity index (χ4v) is 6.35. The third-order valence-electron chi connectivity index (χ3n) is 7.89. The molecule has 0 saturated heterocycles. The predicted molar refractivity (Wildman–Crippen MR) is 174 cm³/mol. The number of amides is 1. The van der Waals surface area contributed by atoms with E-state index < -0.39 is 21.9 Å². The van der Waals surface area contributed by atoms with E-state index in [1.807, 2.05) is 68.6 Å². The van der Waals surface area contributed by atoms with Crippen molar-refractivity contribution in [2.24, 2.45) is 5.92 Å². The molecule has 5 rings (SSSR count). The zero-order chi connectivity index (χ0) is 32.8. The van der Waals surface area contributed by atoms with Crippen molar-refractivity contribution in [1.82, 2.24) is 9.80 Å². The van der Waals surface area contributed by atoms with Gasteiger partial charge in [0.1, 0.15) is 29.2 Å². The second-order valence-corrected chi connectivity index (χ2v) is 13.3. The topological polar surface area (TPSA) is 108 Å². The highest BCUT2D eigenvalue weighted by Crippen LogP contribution is 2.32. The van der Waals surface area contributed by atoms with Gasteiger partial charge in [-0.25, -0.2) is 12.8 Å². The fraction of sp³-hybridized carbons (Fsp3) is 0.286. The van der Waals surface area contributed by atoms with E-state index in [2.05, 4.69) is 9.62 Å². The molecular formula is C35H38FN3O6S. The Morgan fingerprint density at radius 3 is 2.37 bits per heavy atom. The number of ether oxygens (including phenoxy) is 2. The lowest BCUT2D eigenvalue weighted by Gasteiger charge is -2.38. The number of aliphatic hydroxyl groups excluding tert-OH is 1. The Labute approximate surface area is 269 Å². The van der Waals surface area contributed by atoms with E-state index in [0.717, 1.165) is 29.2 Å². The number of aliphatic hydroxyl groups is 1. The van der Waals surface area contributed by atoms with Crippen molar-refractivity contribution < 1.29 is 32.2 Å². The quantitative estimate of drug-likeness (QED) is 0.213. The minimum Gasteiger partial charge on any atom is -0.488 e. The summed E-state index contributed by atoms with van der Waals surface area (Å²) < 4.78 is 54.1. The van der Waals surface area contributed by atoms with Crippen LogP contribution < -0.4 is 14.2 Å². The molecule has 1 amide bonds. The van der Waals surface area contributed by atoms with Gasteiger partial charge in [0.15, 0.2) is 0 Å². The highest BCUT2D eigenvalue weighted by atomic mass is 32.2. The van der Waals surface area contributed by atoms with Crippen molar-refractivity contribution in [1.29, 1.82) is 0 Å². The molecule has 0 radical (unpaired) electrons. The number of anilines is 1. The summed E-state index contributed by atoms with van der Waals surface area (Å²) >= 11 is 0. The number of halogens is 1. The van der Waals surface area contributed by atoms with E-state index in [9.17, 15) is 22.7 Å². The zero-order valence-electron chi connectivity index (χ0n) is 26.0. The number of nitrogens with zero attached hydrogens (tertiary/aromatic N) is 2. The summed E-state index contributed by atoms with van der Waals surface area (Å²) in [4.78, 5) is 17.4. The summed E-state index contributed by atoms with van der Waals surface area (Å²) in [6.45, 7) is 5.05. The van der Waals surface area contributed by atoms with Crippen LogP contribution in [0.15, 0.2) is 102 Å². The van der Waals surface area contributed by atoms with E-state index in [-0.39, 0.29) is 40.7 Å². The van der Waals surface area contributed by atoms with E-state index in [4.69, 9.17) is 9.47 Å². The number of carbonyl (C=O) groups is 1. The summed E-state index contributed by atoms with van der Waals surface area (Å²) in [7, 11) is -2.05. The molecule has 242 valence electrons. The molecule has 0 bridgehead atoms. The molecular weight excluding hydrogens is 609 g/mol. The SMILES string of the molecule is C[C@H]1CN([C@@H](C)CO)C(=O)c2cc(NS(=O)(=O)c3ccc(F)cc3)ccc2O[C@H]1CN(C)Cc1ccc(Oc2ccccc2)cc1. The van der Waals surface area contributed by atoms with Gasteiger partial charge in [0.25, 0.3) is 15.9 Å². The molecule has 0 unspecified atom stereocenters. The Hall–Kier alpha value is -4.45. The van der Waals surface area contributed by atoms with Gasteiger partial charge >= 0.3 is 0 Å². The Morgan fingerprint density at radius 1 is 1.02 bits per heavy atom. The fourth-order valence-electron chi connectivity index (χ4n) is 5.30. The van der Waals surface area contributed by atoms with Crippen LogP contribution in [0.2, 0.25) is 0 Å². The highest BCUT2D eigenvalue weighted by Gasteiger charge is 2.34. The number of hydrogen-bond donors (Lipinski definition) is 2. The lowest BCUT2D eigenvalue weighted by Crippen LogP contribution is -2.49. The van der Waals surface area contributed by atoms with E-state index in [1.54, 1.807) is 17.9 Å². The van der Waals surface area contributed by atoms with Gasteiger partial charge in [-0.05, 0) is 86.3 Å². The number of fused-ring (bicyclic) bond motifs is 1. The molecule has 11 heteroatoms. The molecule has 9 nitrogen and oxygen atoms in total. The maximum absolute atomic E-state index is 13.8. The molecule has 4 aromatic carbocycles. The number of sulfonamides is 1. The Balaban J connectivity index is 1.34. The van der Waals surface area contributed by atoms with Crippen molar-refractivity contribution in [2.45, 2.75) is 37.4 Å². The Morgan fingerprint density at radius 2 is 1.70 bits per heavy atom. The summed E-state index contributed by atoms with van der Waals surface area (Å²) in [5.41, 5.74) is 1.41. The number of carbonyl (C=O) groups excluding carboxylic acids is 1. The lowest BCUT2D eigenvalue weighted by molar-refractivity contribution is 0.0341. The van der Waals surface area contributed by atoms with Crippen LogP contribution in [0.3, 0.4) is 0 Å². The van der Waals surface area contributed by atoms with Crippen molar-refractivity contribution in [3.8, 4) is 17.2 Å². The molecule has 0 aromatic heterocycles.